The van der Waals surface area contributed by atoms with Crippen molar-refractivity contribution in [2.45, 2.75) is 11.8 Å². The van der Waals surface area contributed by atoms with Crippen LogP contribution in [0.3, 0.4) is 0 Å². The average Bonchev–Trinajstić information content (AvgIpc) is 3.18. The maximum Gasteiger partial charge on any atom is 0.262 e. The van der Waals surface area contributed by atoms with E-state index in [0.717, 1.165) is 10.0 Å². The smallest absolute Gasteiger partial charge is 0.262 e. The maximum absolute atomic E-state index is 12.8. The molecular formula is C21H16BrN3O3S. The topological polar surface area (TPSA) is 85.1 Å². The van der Waals surface area contributed by atoms with Crippen molar-refractivity contribution in [1.29, 1.82) is 0 Å². The molecule has 0 unspecified atom stereocenters. The summed E-state index contributed by atoms with van der Waals surface area (Å²) in [6, 6.07) is 21.3. The molecule has 1 aromatic heterocycles. The van der Waals surface area contributed by atoms with Gasteiger partial charge in [-0.3, -0.25) is 4.72 Å². The van der Waals surface area contributed by atoms with E-state index in [4.69, 9.17) is 4.42 Å². The van der Waals surface area contributed by atoms with Crippen molar-refractivity contribution in [3.8, 4) is 22.9 Å². The fraction of sp³-hybridized carbons (Fsp3) is 0.0476. The number of nitrogens with one attached hydrogen (secondary N) is 1. The van der Waals surface area contributed by atoms with Crippen LogP contribution in [0.2, 0.25) is 0 Å². The van der Waals surface area contributed by atoms with E-state index >= 15 is 0 Å². The van der Waals surface area contributed by atoms with E-state index < -0.39 is 10.0 Å². The molecule has 0 radical (unpaired) electrons. The number of rotatable bonds is 5. The molecule has 29 heavy (non-hydrogen) atoms. The highest BCUT2D eigenvalue weighted by molar-refractivity contribution is 9.10. The predicted molar refractivity (Wildman–Crippen MR) is 115 cm³/mol. The molecule has 0 aliphatic carbocycles. The normalized spacial score (nSPS) is 11.4. The number of aromatic nitrogens is 2. The Morgan fingerprint density at radius 1 is 0.862 bits per heavy atom. The zero-order valence-electron chi connectivity index (χ0n) is 15.3. The Morgan fingerprint density at radius 3 is 2.28 bits per heavy atom. The Kier molecular flexibility index (Phi) is 5.21. The first-order valence-electron chi connectivity index (χ1n) is 8.71. The number of halogens is 1. The molecule has 0 fully saturated rings. The van der Waals surface area contributed by atoms with Crippen LogP contribution in [0.15, 0.2) is 86.6 Å². The van der Waals surface area contributed by atoms with Gasteiger partial charge in [-0.25, -0.2) is 8.42 Å². The first kappa shape index (κ1) is 19.4. The number of hydrogen-bond acceptors (Lipinski definition) is 5. The van der Waals surface area contributed by atoms with Gasteiger partial charge in [0.05, 0.1) is 4.90 Å². The monoisotopic (exact) mass is 469 g/mol. The average molecular weight is 470 g/mol. The lowest BCUT2D eigenvalue weighted by Gasteiger charge is -2.11. The summed E-state index contributed by atoms with van der Waals surface area (Å²) in [7, 11) is -3.73. The number of aryl methyl sites for hydroxylation is 1. The summed E-state index contributed by atoms with van der Waals surface area (Å²) >= 11 is 3.35. The Balaban J connectivity index is 1.62. The SMILES string of the molecule is Cc1cc(Br)ccc1S(=O)(=O)Nc1cccc(-c2nnc(-c3ccccc3)o2)c1. The van der Waals surface area contributed by atoms with Crippen LogP contribution >= 0.6 is 15.9 Å². The quantitative estimate of drug-likeness (QED) is 0.429. The van der Waals surface area contributed by atoms with Gasteiger partial charge in [0.1, 0.15) is 0 Å². The minimum absolute atomic E-state index is 0.218. The van der Waals surface area contributed by atoms with E-state index in [1.165, 1.54) is 0 Å². The molecular weight excluding hydrogens is 454 g/mol. The van der Waals surface area contributed by atoms with Gasteiger partial charge in [-0.1, -0.05) is 40.2 Å². The Bertz CT molecular complexity index is 1270. The first-order valence-corrected chi connectivity index (χ1v) is 11.0. The van der Waals surface area contributed by atoms with Crippen LogP contribution in [0.1, 0.15) is 5.56 Å². The van der Waals surface area contributed by atoms with E-state index in [9.17, 15) is 8.42 Å². The van der Waals surface area contributed by atoms with Crippen LogP contribution in [0, 0.1) is 6.92 Å². The lowest BCUT2D eigenvalue weighted by Crippen LogP contribution is -2.14. The van der Waals surface area contributed by atoms with Crippen LogP contribution in [-0.4, -0.2) is 18.6 Å². The Morgan fingerprint density at radius 2 is 1.55 bits per heavy atom. The molecule has 146 valence electrons. The van der Waals surface area contributed by atoms with Crippen LogP contribution in [0.5, 0.6) is 0 Å². The second kappa shape index (κ2) is 7.81. The van der Waals surface area contributed by atoms with Gasteiger partial charge in [-0.2, -0.15) is 0 Å². The van der Waals surface area contributed by atoms with Gasteiger partial charge in [0, 0.05) is 21.3 Å². The molecule has 0 atom stereocenters. The highest BCUT2D eigenvalue weighted by Crippen LogP contribution is 2.27. The van der Waals surface area contributed by atoms with E-state index in [1.54, 1.807) is 49.4 Å². The van der Waals surface area contributed by atoms with Gasteiger partial charge in [0.25, 0.3) is 10.0 Å². The van der Waals surface area contributed by atoms with Crippen molar-refractivity contribution in [1.82, 2.24) is 10.2 Å². The fourth-order valence-electron chi connectivity index (χ4n) is 2.88. The van der Waals surface area contributed by atoms with Crippen LogP contribution < -0.4 is 4.72 Å². The second-order valence-electron chi connectivity index (χ2n) is 6.37. The number of anilines is 1. The Hall–Kier alpha value is -2.97. The van der Waals surface area contributed by atoms with Gasteiger partial charge < -0.3 is 4.42 Å². The summed E-state index contributed by atoms with van der Waals surface area (Å²) in [5.41, 5.74) is 2.48. The highest BCUT2D eigenvalue weighted by Gasteiger charge is 2.18. The standard InChI is InChI=1S/C21H16BrN3O3S/c1-14-12-17(22)10-11-19(14)29(26,27)25-18-9-5-8-16(13-18)21-24-23-20(28-21)15-6-3-2-4-7-15/h2-13,25H,1H3. The van der Waals surface area contributed by atoms with E-state index in [1.807, 2.05) is 30.3 Å². The van der Waals surface area contributed by atoms with Gasteiger partial charge in [0.2, 0.25) is 11.8 Å². The molecule has 4 rings (SSSR count). The zero-order chi connectivity index (χ0) is 20.4. The minimum Gasteiger partial charge on any atom is -0.416 e. The van der Waals surface area contributed by atoms with Crippen molar-refractivity contribution in [3.05, 3.63) is 82.8 Å². The molecule has 0 amide bonds. The number of sulfonamides is 1. The molecule has 0 spiro atoms. The fourth-order valence-corrected chi connectivity index (χ4v) is 4.63. The molecule has 3 aromatic carbocycles. The summed E-state index contributed by atoms with van der Waals surface area (Å²) in [5, 5.41) is 8.16. The number of hydrogen-bond donors (Lipinski definition) is 1. The Labute approximate surface area is 176 Å². The van der Waals surface area contributed by atoms with E-state index in [-0.39, 0.29) is 4.90 Å². The van der Waals surface area contributed by atoms with Gasteiger partial charge in [0.15, 0.2) is 0 Å². The van der Waals surface area contributed by atoms with Crippen molar-refractivity contribution in [2.75, 3.05) is 4.72 Å². The molecule has 0 saturated heterocycles. The first-order chi connectivity index (χ1) is 13.9. The number of benzene rings is 3. The van der Waals surface area contributed by atoms with Gasteiger partial charge in [-0.15, -0.1) is 10.2 Å². The summed E-state index contributed by atoms with van der Waals surface area (Å²) in [6.45, 7) is 1.75. The molecule has 4 aromatic rings. The molecule has 8 heteroatoms. The third-order valence-corrected chi connectivity index (χ3v) is 6.27. The summed E-state index contributed by atoms with van der Waals surface area (Å²) in [4.78, 5) is 0.218. The molecule has 0 bridgehead atoms. The van der Waals surface area contributed by atoms with Crippen molar-refractivity contribution < 1.29 is 12.8 Å². The van der Waals surface area contributed by atoms with Gasteiger partial charge in [-0.05, 0) is 61.0 Å². The number of nitrogens with zero attached hydrogens (tertiary/aromatic N) is 2. The van der Waals surface area contributed by atoms with E-state index in [2.05, 4.69) is 30.8 Å². The van der Waals surface area contributed by atoms with Crippen LogP contribution in [-0.2, 0) is 10.0 Å². The second-order valence-corrected chi connectivity index (χ2v) is 8.94. The molecule has 1 N–H and O–H groups in total. The highest BCUT2D eigenvalue weighted by atomic mass is 79.9. The van der Waals surface area contributed by atoms with Crippen molar-refractivity contribution >= 4 is 31.6 Å². The molecule has 0 aliphatic rings. The van der Waals surface area contributed by atoms with Crippen LogP contribution in [0.25, 0.3) is 22.9 Å². The van der Waals surface area contributed by atoms with Crippen molar-refractivity contribution in [3.63, 3.8) is 0 Å². The lowest BCUT2D eigenvalue weighted by molar-refractivity contribution is 0.584. The minimum atomic E-state index is -3.73. The summed E-state index contributed by atoms with van der Waals surface area (Å²) < 4.78 is 34.8. The predicted octanol–water partition coefficient (Wildman–Crippen LogP) is 5.28. The molecule has 0 saturated carbocycles. The molecule has 6 nitrogen and oxygen atoms in total. The molecule has 0 aliphatic heterocycles. The third-order valence-electron chi connectivity index (χ3n) is 4.23. The van der Waals surface area contributed by atoms with Crippen molar-refractivity contribution in [2.24, 2.45) is 0 Å². The third kappa shape index (κ3) is 4.23. The summed E-state index contributed by atoms with van der Waals surface area (Å²) in [6.07, 6.45) is 0. The van der Waals surface area contributed by atoms with Crippen LogP contribution in [0.4, 0.5) is 5.69 Å². The lowest BCUT2D eigenvalue weighted by atomic mass is 10.2. The zero-order valence-corrected chi connectivity index (χ0v) is 17.7. The molecule has 1 heterocycles. The largest absolute Gasteiger partial charge is 0.416 e. The van der Waals surface area contributed by atoms with Gasteiger partial charge >= 0.3 is 0 Å². The maximum atomic E-state index is 12.8. The summed E-state index contributed by atoms with van der Waals surface area (Å²) in [5.74, 6) is 0.710. The van der Waals surface area contributed by atoms with E-state index in [0.29, 0.717) is 28.6 Å².